The number of carbonyl (C=O) groups excluding carboxylic acids is 1. The van der Waals surface area contributed by atoms with Gasteiger partial charge in [-0.1, -0.05) is 23.8 Å². The zero-order valence-corrected chi connectivity index (χ0v) is 16.7. The summed E-state index contributed by atoms with van der Waals surface area (Å²) in [5.74, 6) is -0.172. The van der Waals surface area contributed by atoms with Crippen LogP contribution in [0.15, 0.2) is 31.0 Å². The van der Waals surface area contributed by atoms with Crippen LogP contribution in [-0.4, -0.2) is 17.0 Å². The Balaban J connectivity index is 0. The van der Waals surface area contributed by atoms with Crippen molar-refractivity contribution in [2.45, 2.75) is 53.6 Å². The summed E-state index contributed by atoms with van der Waals surface area (Å²) in [6, 6.07) is 0. The lowest BCUT2D eigenvalue weighted by Crippen LogP contribution is -2.15. The topological polar surface area (TPSA) is 37.3 Å². The van der Waals surface area contributed by atoms with Crippen molar-refractivity contribution in [3.8, 4) is 0 Å². The van der Waals surface area contributed by atoms with Gasteiger partial charge in [0.15, 0.2) is 5.78 Å². The van der Waals surface area contributed by atoms with E-state index in [-0.39, 0.29) is 5.78 Å². The highest BCUT2D eigenvalue weighted by Gasteiger charge is 2.06. The minimum atomic E-state index is -0.815. The molecule has 0 aliphatic rings. The number of rotatable bonds is 5. The Morgan fingerprint density at radius 3 is 1.79 bits per heavy atom. The number of hydrogen-bond donors (Lipinski definition) is 1. The Bertz CT molecular complexity index is 327. The molecular weight excluding hydrogens is 466 g/mol. The fourth-order valence-corrected chi connectivity index (χ4v) is 1.41. The summed E-state index contributed by atoms with van der Waals surface area (Å²) in [7, 11) is 0. The van der Waals surface area contributed by atoms with Gasteiger partial charge in [-0.15, -0.1) is 0 Å². The van der Waals surface area contributed by atoms with E-state index in [4.69, 9.17) is 5.11 Å². The van der Waals surface area contributed by atoms with Gasteiger partial charge in [0.1, 0.15) is 6.10 Å². The number of carbonyl (C=O) groups is 1. The molecular formula is C15H24I2O2. The molecule has 0 aromatic rings. The van der Waals surface area contributed by atoms with Crippen molar-refractivity contribution in [2.24, 2.45) is 0 Å². The molecule has 0 saturated carbocycles. The van der Waals surface area contributed by atoms with Crippen molar-refractivity contribution in [1.82, 2.24) is 0 Å². The molecule has 1 N–H and O–H groups in total. The van der Waals surface area contributed by atoms with E-state index in [0.29, 0.717) is 6.42 Å². The number of hydrogen-bond acceptors (Lipinski definition) is 2. The summed E-state index contributed by atoms with van der Waals surface area (Å²) in [6.45, 7) is 9.67. The second kappa shape index (κ2) is 13.3. The highest BCUT2D eigenvalue weighted by molar-refractivity contribution is 14.1. The maximum Gasteiger partial charge on any atom is 0.158 e. The van der Waals surface area contributed by atoms with Crippen LogP contribution in [0.4, 0.5) is 0 Å². The predicted molar refractivity (Wildman–Crippen MR) is 101 cm³/mol. The molecule has 0 aromatic carbocycles. The van der Waals surface area contributed by atoms with E-state index in [9.17, 15) is 4.79 Å². The third-order valence-electron chi connectivity index (χ3n) is 2.02. The minimum absolute atomic E-state index is 0.172. The normalized spacial score (nSPS) is 13.3. The van der Waals surface area contributed by atoms with Crippen molar-refractivity contribution >= 4 is 51.0 Å². The fourth-order valence-electron chi connectivity index (χ4n) is 0.897. The average molecular weight is 490 g/mol. The molecule has 0 aliphatic heterocycles. The van der Waals surface area contributed by atoms with E-state index >= 15 is 0 Å². The molecule has 0 saturated heterocycles. The molecule has 0 amide bonds. The van der Waals surface area contributed by atoms with Gasteiger partial charge in [0, 0.05) is 0 Å². The zero-order valence-electron chi connectivity index (χ0n) is 12.3. The number of ketones is 1. The summed E-state index contributed by atoms with van der Waals surface area (Å²) in [5.41, 5.74) is 1.39. The maximum absolute atomic E-state index is 10.5. The Morgan fingerprint density at radius 1 is 1.00 bits per heavy atom. The van der Waals surface area contributed by atoms with Crippen LogP contribution < -0.4 is 0 Å². The summed E-state index contributed by atoms with van der Waals surface area (Å²) >= 11 is 4.46. The molecule has 19 heavy (non-hydrogen) atoms. The Hall–Kier alpha value is 0.310. The van der Waals surface area contributed by atoms with Crippen molar-refractivity contribution in [1.29, 1.82) is 0 Å². The van der Waals surface area contributed by atoms with Crippen LogP contribution in [0, 0.1) is 0 Å². The molecule has 0 radical (unpaired) electrons. The second-order valence-electron chi connectivity index (χ2n) is 4.46. The van der Waals surface area contributed by atoms with Crippen LogP contribution in [0.3, 0.4) is 0 Å². The van der Waals surface area contributed by atoms with E-state index in [1.165, 1.54) is 16.1 Å². The molecule has 1 atom stereocenters. The van der Waals surface area contributed by atoms with E-state index in [1.54, 1.807) is 0 Å². The van der Waals surface area contributed by atoms with Gasteiger partial charge in [0.25, 0.3) is 0 Å². The standard InChI is InChI=1S/C8H13I.C7H11IO2/c1-7(2)5-4-6-8(3)9;1-5(8)3-4-7(10)6(2)9/h5-6H,4H2,1-3H3;3,7,10H,4H2,1-2H3/b8-6-;5-3-/t;7-/m.0/s1. The van der Waals surface area contributed by atoms with Gasteiger partial charge < -0.3 is 5.11 Å². The van der Waals surface area contributed by atoms with Crippen LogP contribution in [-0.2, 0) is 4.79 Å². The van der Waals surface area contributed by atoms with Crippen molar-refractivity contribution in [3.63, 3.8) is 0 Å². The lowest BCUT2D eigenvalue weighted by atomic mass is 10.2. The van der Waals surface area contributed by atoms with Gasteiger partial charge in [-0.3, -0.25) is 4.79 Å². The molecule has 110 valence electrons. The lowest BCUT2D eigenvalue weighted by molar-refractivity contribution is -0.124. The van der Waals surface area contributed by atoms with E-state index in [2.05, 4.69) is 78.1 Å². The highest BCUT2D eigenvalue weighted by Crippen LogP contribution is 2.06. The predicted octanol–water partition coefficient (Wildman–Crippen LogP) is 5.35. The van der Waals surface area contributed by atoms with Gasteiger partial charge in [-0.2, -0.15) is 0 Å². The quantitative estimate of drug-likeness (QED) is 0.417. The molecule has 0 bridgehead atoms. The Kier molecular flexibility index (Phi) is 15.1. The Labute approximate surface area is 144 Å². The average Bonchev–Trinajstić information content (AvgIpc) is 2.25. The monoisotopic (exact) mass is 490 g/mol. The largest absolute Gasteiger partial charge is 0.385 e. The first-order valence-corrected chi connectivity index (χ1v) is 8.29. The van der Waals surface area contributed by atoms with Gasteiger partial charge in [-0.05, 0) is 99.8 Å². The summed E-state index contributed by atoms with van der Waals surface area (Å²) in [4.78, 5) is 10.5. The SMILES string of the molecule is CC(=O)[C@@H](O)C/C=C(/C)I.CC(C)=CC/C=C(/C)I. The number of Topliss-reactive ketones (excluding diaryl/α,β-unsaturated/α-hetero) is 1. The zero-order chi connectivity index (χ0) is 15.4. The smallest absolute Gasteiger partial charge is 0.158 e. The maximum atomic E-state index is 10.5. The summed E-state index contributed by atoms with van der Waals surface area (Å²) < 4.78 is 2.46. The molecule has 0 aromatic heterocycles. The highest BCUT2D eigenvalue weighted by atomic mass is 127. The van der Waals surface area contributed by atoms with Crippen LogP contribution >= 0.6 is 45.2 Å². The molecule has 0 spiro atoms. The summed E-state index contributed by atoms with van der Waals surface area (Å²) in [6.07, 6.45) is 6.98. The number of aliphatic hydroxyl groups is 1. The molecule has 0 rings (SSSR count). The van der Waals surface area contributed by atoms with Crippen molar-refractivity contribution in [3.05, 3.63) is 31.0 Å². The van der Waals surface area contributed by atoms with E-state index in [1.807, 2.05) is 13.0 Å². The Morgan fingerprint density at radius 2 is 1.47 bits per heavy atom. The van der Waals surface area contributed by atoms with Crippen LogP contribution in [0.1, 0.15) is 47.5 Å². The second-order valence-corrected chi connectivity index (χ2v) is 7.86. The van der Waals surface area contributed by atoms with Gasteiger partial charge in [0.05, 0.1) is 0 Å². The van der Waals surface area contributed by atoms with E-state index < -0.39 is 6.10 Å². The molecule has 0 aliphatic carbocycles. The molecule has 2 nitrogen and oxygen atoms in total. The number of allylic oxidation sites excluding steroid dienone is 5. The summed E-state index contributed by atoms with van der Waals surface area (Å²) in [5, 5.41) is 8.98. The van der Waals surface area contributed by atoms with Crippen LogP contribution in [0.5, 0.6) is 0 Å². The molecule has 4 heteroatoms. The van der Waals surface area contributed by atoms with Crippen LogP contribution in [0.25, 0.3) is 0 Å². The van der Waals surface area contributed by atoms with Crippen molar-refractivity contribution in [2.75, 3.05) is 0 Å². The fraction of sp³-hybridized carbons (Fsp3) is 0.533. The van der Waals surface area contributed by atoms with Gasteiger partial charge in [-0.25, -0.2) is 0 Å². The number of aliphatic hydroxyl groups excluding tert-OH is 1. The van der Waals surface area contributed by atoms with Gasteiger partial charge in [0.2, 0.25) is 0 Å². The molecule has 0 heterocycles. The first kappa shape index (κ1) is 21.6. The third kappa shape index (κ3) is 20.8. The number of halogens is 2. The molecule has 0 unspecified atom stereocenters. The first-order chi connectivity index (χ1) is 8.66. The van der Waals surface area contributed by atoms with E-state index in [0.717, 1.165) is 10.0 Å². The first-order valence-electron chi connectivity index (χ1n) is 6.13. The molecule has 0 fully saturated rings. The van der Waals surface area contributed by atoms with Crippen LogP contribution in [0.2, 0.25) is 0 Å². The van der Waals surface area contributed by atoms with Crippen molar-refractivity contribution < 1.29 is 9.90 Å². The minimum Gasteiger partial charge on any atom is -0.385 e. The lowest BCUT2D eigenvalue weighted by Gasteiger charge is -2.00. The third-order valence-corrected chi connectivity index (χ3v) is 2.90. The van der Waals surface area contributed by atoms with Gasteiger partial charge >= 0.3 is 0 Å².